The van der Waals surface area contributed by atoms with E-state index in [-0.39, 0.29) is 11.3 Å². The predicted octanol–water partition coefficient (Wildman–Crippen LogP) is 2.16. The maximum Gasteiger partial charge on any atom is 0.212 e. The van der Waals surface area contributed by atoms with Crippen LogP contribution in [0.4, 0.5) is 4.39 Å². The first kappa shape index (κ1) is 10.4. The third-order valence-corrected chi connectivity index (χ3v) is 2.12. The van der Waals surface area contributed by atoms with Gasteiger partial charge in [-0.15, -0.1) is 0 Å². The van der Waals surface area contributed by atoms with E-state index in [9.17, 15) is 9.18 Å². The maximum absolute atomic E-state index is 12.9. The quantitative estimate of drug-likeness (QED) is 0.722. The SMILES string of the molecule is Cc1ccnc(C(=O)c2cncc(F)c2)c1. The Hall–Kier alpha value is -2.10. The number of aromatic nitrogens is 2. The minimum Gasteiger partial charge on any atom is -0.287 e. The minimum atomic E-state index is -0.529. The molecule has 4 heteroatoms. The highest BCUT2D eigenvalue weighted by Crippen LogP contribution is 2.09. The molecule has 0 unspecified atom stereocenters. The third-order valence-electron chi connectivity index (χ3n) is 2.12. The molecule has 0 aromatic carbocycles. The van der Waals surface area contributed by atoms with Crippen LogP contribution < -0.4 is 0 Å². The third kappa shape index (κ3) is 2.11. The van der Waals surface area contributed by atoms with Gasteiger partial charge in [-0.3, -0.25) is 14.8 Å². The van der Waals surface area contributed by atoms with Crippen molar-refractivity contribution >= 4 is 5.78 Å². The molecule has 2 rings (SSSR count). The number of pyridine rings is 2. The summed E-state index contributed by atoms with van der Waals surface area (Å²) in [5.41, 5.74) is 1.44. The molecular weight excluding hydrogens is 207 g/mol. The van der Waals surface area contributed by atoms with Gasteiger partial charge in [0.1, 0.15) is 11.5 Å². The first-order chi connectivity index (χ1) is 7.66. The molecule has 2 heterocycles. The van der Waals surface area contributed by atoms with Gasteiger partial charge in [-0.25, -0.2) is 4.39 Å². The summed E-state index contributed by atoms with van der Waals surface area (Å²) < 4.78 is 12.9. The van der Waals surface area contributed by atoms with E-state index in [2.05, 4.69) is 9.97 Å². The van der Waals surface area contributed by atoms with Crippen LogP contribution in [-0.2, 0) is 0 Å². The lowest BCUT2D eigenvalue weighted by molar-refractivity contribution is 0.103. The second kappa shape index (κ2) is 4.18. The van der Waals surface area contributed by atoms with Gasteiger partial charge in [0, 0.05) is 18.0 Å². The van der Waals surface area contributed by atoms with Crippen molar-refractivity contribution in [2.75, 3.05) is 0 Å². The summed E-state index contributed by atoms with van der Waals surface area (Å²) in [5, 5.41) is 0. The van der Waals surface area contributed by atoms with Crippen LogP contribution in [0.25, 0.3) is 0 Å². The van der Waals surface area contributed by atoms with Crippen molar-refractivity contribution in [3.8, 4) is 0 Å². The lowest BCUT2D eigenvalue weighted by Gasteiger charge is -2.00. The van der Waals surface area contributed by atoms with Crippen LogP contribution >= 0.6 is 0 Å². The number of ketones is 1. The first-order valence-electron chi connectivity index (χ1n) is 4.75. The minimum absolute atomic E-state index is 0.207. The highest BCUT2D eigenvalue weighted by Gasteiger charge is 2.11. The van der Waals surface area contributed by atoms with Gasteiger partial charge < -0.3 is 0 Å². The number of hydrogen-bond acceptors (Lipinski definition) is 3. The Morgan fingerprint density at radius 2 is 2.12 bits per heavy atom. The molecule has 0 aliphatic carbocycles. The van der Waals surface area contributed by atoms with E-state index < -0.39 is 5.82 Å². The molecule has 0 aliphatic rings. The number of rotatable bonds is 2. The maximum atomic E-state index is 12.9. The highest BCUT2D eigenvalue weighted by atomic mass is 19.1. The van der Waals surface area contributed by atoms with Crippen LogP contribution in [0.15, 0.2) is 36.8 Å². The number of carbonyl (C=O) groups is 1. The van der Waals surface area contributed by atoms with Crippen molar-refractivity contribution in [3.05, 3.63) is 59.4 Å². The molecule has 0 atom stereocenters. The number of carbonyl (C=O) groups excluding carboxylic acids is 1. The summed E-state index contributed by atoms with van der Waals surface area (Å²) in [6.07, 6.45) is 3.94. The van der Waals surface area contributed by atoms with Crippen LogP contribution in [0.2, 0.25) is 0 Å². The highest BCUT2D eigenvalue weighted by molar-refractivity contribution is 6.07. The summed E-state index contributed by atoms with van der Waals surface area (Å²) >= 11 is 0. The van der Waals surface area contributed by atoms with E-state index >= 15 is 0 Å². The summed E-state index contributed by atoms with van der Waals surface area (Å²) in [6, 6.07) is 4.60. The Labute approximate surface area is 92.0 Å². The Morgan fingerprint density at radius 1 is 1.31 bits per heavy atom. The molecule has 0 bridgehead atoms. The van der Waals surface area contributed by atoms with Gasteiger partial charge >= 0.3 is 0 Å². The molecule has 0 saturated heterocycles. The fraction of sp³-hybridized carbons (Fsp3) is 0.0833. The van der Waals surface area contributed by atoms with Crippen molar-refractivity contribution in [1.29, 1.82) is 0 Å². The largest absolute Gasteiger partial charge is 0.287 e. The zero-order chi connectivity index (χ0) is 11.5. The summed E-state index contributed by atoms with van der Waals surface area (Å²) in [6.45, 7) is 1.86. The van der Waals surface area contributed by atoms with Gasteiger partial charge in [0.25, 0.3) is 0 Å². The summed E-state index contributed by atoms with van der Waals surface area (Å²) in [5.74, 6) is -0.853. The number of aryl methyl sites for hydroxylation is 1. The Balaban J connectivity index is 2.39. The monoisotopic (exact) mass is 216 g/mol. The molecule has 16 heavy (non-hydrogen) atoms. The molecule has 2 aromatic heterocycles. The van der Waals surface area contributed by atoms with Crippen molar-refractivity contribution in [1.82, 2.24) is 9.97 Å². The number of nitrogens with zero attached hydrogens (tertiary/aromatic N) is 2. The van der Waals surface area contributed by atoms with Crippen LogP contribution in [0.1, 0.15) is 21.6 Å². The van der Waals surface area contributed by atoms with Gasteiger partial charge in [0.05, 0.1) is 6.20 Å². The lowest BCUT2D eigenvalue weighted by atomic mass is 10.1. The molecule has 0 N–H and O–H groups in total. The van der Waals surface area contributed by atoms with Crippen LogP contribution in [0, 0.1) is 12.7 Å². The topological polar surface area (TPSA) is 42.9 Å². The van der Waals surface area contributed by atoms with Gasteiger partial charge in [-0.05, 0) is 30.7 Å². The van der Waals surface area contributed by atoms with E-state index in [1.807, 2.05) is 6.92 Å². The zero-order valence-electron chi connectivity index (χ0n) is 8.64. The second-order valence-electron chi connectivity index (χ2n) is 3.44. The van der Waals surface area contributed by atoms with Crippen LogP contribution in [-0.4, -0.2) is 15.8 Å². The zero-order valence-corrected chi connectivity index (χ0v) is 8.64. The molecule has 0 fully saturated rings. The Bertz CT molecular complexity index is 493. The van der Waals surface area contributed by atoms with Crippen molar-refractivity contribution in [3.63, 3.8) is 0 Å². The van der Waals surface area contributed by atoms with Crippen molar-refractivity contribution in [2.24, 2.45) is 0 Å². The smallest absolute Gasteiger partial charge is 0.212 e. The first-order valence-corrected chi connectivity index (χ1v) is 4.75. The average Bonchev–Trinajstić information content (AvgIpc) is 2.28. The molecule has 3 nitrogen and oxygen atoms in total. The van der Waals surface area contributed by atoms with Gasteiger partial charge in [0.2, 0.25) is 5.78 Å². The number of halogens is 1. The van der Waals surface area contributed by atoms with Crippen LogP contribution in [0.5, 0.6) is 0 Å². The van der Waals surface area contributed by atoms with Gasteiger partial charge in [-0.2, -0.15) is 0 Å². The second-order valence-corrected chi connectivity index (χ2v) is 3.44. The van der Waals surface area contributed by atoms with E-state index in [4.69, 9.17) is 0 Å². The molecule has 2 aromatic rings. The summed E-state index contributed by atoms with van der Waals surface area (Å²) in [7, 11) is 0. The van der Waals surface area contributed by atoms with E-state index in [0.717, 1.165) is 17.8 Å². The number of hydrogen-bond donors (Lipinski definition) is 0. The van der Waals surface area contributed by atoms with E-state index in [0.29, 0.717) is 5.69 Å². The molecule has 0 aliphatic heterocycles. The molecule has 0 spiro atoms. The summed E-state index contributed by atoms with van der Waals surface area (Å²) in [4.78, 5) is 19.5. The van der Waals surface area contributed by atoms with Crippen LogP contribution in [0.3, 0.4) is 0 Å². The fourth-order valence-corrected chi connectivity index (χ4v) is 1.34. The van der Waals surface area contributed by atoms with E-state index in [1.54, 1.807) is 18.3 Å². The molecule has 0 amide bonds. The predicted molar refractivity (Wildman–Crippen MR) is 56.6 cm³/mol. The van der Waals surface area contributed by atoms with E-state index in [1.165, 1.54) is 6.20 Å². The Kier molecular flexibility index (Phi) is 2.72. The lowest BCUT2D eigenvalue weighted by Crippen LogP contribution is -2.05. The van der Waals surface area contributed by atoms with Crippen molar-refractivity contribution < 1.29 is 9.18 Å². The van der Waals surface area contributed by atoms with Gasteiger partial charge in [-0.1, -0.05) is 0 Å². The fourth-order valence-electron chi connectivity index (χ4n) is 1.34. The Morgan fingerprint density at radius 3 is 2.81 bits per heavy atom. The normalized spacial score (nSPS) is 10.1. The average molecular weight is 216 g/mol. The van der Waals surface area contributed by atoms with Gasteiger partial charge in [0.15, 0.2) is 0 Å². The van der Waals surface area contributed by atoms with Crippen molar-refractivity contribution in [2.45, 2.75) is 6.92 Å². The molecule has 0 saturated carbocycles. The molecular formula is C12H9FN2O. The molecule has 0 radical (unpaired) electrons. The standard InChI is InChI=1S/C12H9FN2O/c1-8-2-3-15-11(4-8)12(16)9-5-10(13)7-14-6-9/h2-7H,1H3. The molecule has 80 valence electrons.